The van der Waals surface area contributed by atoms with E-state index >= 15 is 0 Å². The molecule has 1 atom stereocenters. The first-order chi connectivity index (χ1) is 12.2. The minimum atomic E-state index is -4.49. The van der Waals surface area contributed by atoms with Gasteiger partial charge in [0.25, 0.3) is 0 Å². The molecule has 1 unspecified atom stereocenters. The Kier molecular flexibility index (Phi) is 4.48. The van der Waals surface area contributed by atoms with Crippen LogP contribution in [0.5, 0.6) is 11.5 Å². The van der Waals surface area contributed by atoms with E-state index < -0.39 is 23.3 Å². The average molecular weight is 383 g/mol. The third-order valence-corrected chi connectivity index (χ3v) is 4.58. The van der Waals surface area contributed by atoms with Crippen LogP contribution in [0, 0.1) is 0 Å². The Morgan fingerprint density at radius 1 is 1.27 bits per heavy atom. The molecule has 0 fully saturated rings. The highest BCUT2D eigenvalue weighted by Crippen LogP contribution is 2.43. The highest BCUT2D eigenvalue weighted by atomic mass is 35.5. The molecule has 0 saturated carbocycles. The highest BCUT2D eigenvalue weighted by molar-refractivity contribution is 6.32. The van der Waals surface area contributed by atoms with E-state index in [1.54, 1.807) is 18.2 Å². The zero-order chi connectivity index (χ0) is 19.1. The Morgan fingerprint density at radius 2 is 2.00 bits per heavy atom. The summed E-state index contributed by atoms with van der Waals surface area (Å²) in [6.45, 7) is 5.59. The number of alkyl halides is 3. The van der Waals surface area contributed by atoms with E-state index in [0.717, 1.165) is 18.2 Å². The summed E-state index contributed by atoms with van der Waals surface area (Å²) in [5.74, 6) is -0.0604. The zero-order valence-corrected chi connectivity index (χ0v) is 14.4. The molecule has 2 aromatic rings. The van der Waals surface area contributed by atoms with Gasteiger partial charge in [0.15, 0.2) is 5.60 Å². The van der Waals surface area contributed by atoms with Gasteiger partial charge < -0.3 is 9.47 Å². The van der Waals surface area contributed by atoms with Crippen molar-refractivity contribution >= 4 is 17.6 Å². The molecule has 0 bridgehead atoms. The molecule has 0 amide bonds. The van der Waals surface area contributed by atoms with Crippen molar-refractivity contribution in [2.45, 2.75) is 25.1 Å². The fraction of sp³-hybridized carbons (Fsp3) is 0.211. The van der Waals surface area contributed by atoms with Gasteiger partial charge in [0, 0.05) is 5.56 Å². The molecule has 2 aromatic carbocycles. The minimum absolute atomic E-state index is 0.0746. The first-order valence-corrected chi connectivity index (χ1v) is 8.14. The van der Waals surface area contributed by atoms with Crippen LogP contribution in [0.25, 0.3) is 0 Å². The summed E-state index contributed by atoms with van der Waals surface area (Å²) in [6.07, 6.45) is -2.45. The van der Waals surface area contributed by atoms with E-state index in [1.165, 1.54) is 6.07 Å². The molecular weight excluding hydrogens is 369 g/mol. The van der Waals surface area contributed by atoms with Crippen LogP contribution in [0.15, 0.2) is 49.1 Å². The summed E-state index contributed by atoms with van der Waals surface area (Å²) in [5, 5.41) is -0.168. The zero-order valence-electron chi connectivity index (χ0n) is 13.7. The van der Waals surface area contributed by atoms with Crippen molar-refractivity contribution in [3.05, 3.63) is 70.8 Å². The van der Waals surface area contributed by atoms with Gasteiger partial charge in [-0.1, -0.05) is 25.1 Å². The standard InChI is InChI=1S/C19H14ClF3O3/c1-3-18(4-2)14-10-12(6-7-13(14)17(24)26-18)25-16-8-5-11(9-15(16)20)19(21,22)23/h3,5-10H,1,4H2,2H3. The van der Waals surface area contributed by atoms with Gasteiger partial charge in [-0.15, -0.1) is 0 Å². The lowest BCUT2D eigenvalue weighted by molar-refractivity contribution is -0.137. The molecule has 0 saturated heterocycles. The van der Waals surface area contributed by atoms with Crippen LogP contribution in [-0.2, 0) is 16.5 Å². The quantitative estimate of drug-likeness (QED) is 0.472. The van der Waals surface area contributed by atoms with Gasteiger partial charge in [0.05, 0.1) is 16.1 Å². The monoisotopic (exact) mass is 382 g/mol. The van der Waals surface area contributed by atoms with E-state index in [9.17, 15) is 18.0 Å². The van der Waals surface area contributed by atoms with Crippen LogP contribution in [-0.4, -0.2) is 5.97 Å². The van der Waals surface area contributed by atoms with Gasteiger partial charge in [0.1, 0.15) is 11.5 Å². The summed E-state index contributed by atoms with van der Waals surface area (Å²) in [5.41, 5.74) is -0.812. The number of hydrogen-bond acceptors (Lipinski definition) is 3. The Bertz CT molecular complexity index is 892. The van der Waals surface area contributed by atoms with Gasteiger partial charge in [-0.25, -0.2) is 4.79 Å². The third-order valence-electron chi connectivity index (χ3n) is 4.28. The van der Waals surface area contributed by atoms with Crippen molar-refractivity contribution in [2.24, 2.45) is 0 Å². The van der Waals surface area contributed by atoms with Crippen LogP contribution in [0.3, 0.4) is 0 Å². The number of carbonyl (C=O) groups excluding carboxylic acids is 1. The van der Waals surface area contributed by atoms with E-state index in [4.69, 9.17) is 21.1 Å². The maximum absolute atomic E-state index is 12.7. The van der Waals surface area contributed by atoms with Crippen LogP contribution in [0.4, 0.5) is 13.2 Å². The number of halogens is 4. The van der Waals surface area contributed by atoms with Crippen molar-refractivity contribution in [3.8, 4) is 11.5 Å². The lowest BCUT2D eigenvalue weighted by Gasteiger charge is -2.23. The third kappa shape index (κ3) is 3.05. The van der Waals surface area contributed by atoms with Crippen molar-refractivity contribution in [1.82, 2.24) is 0 Å². The van der Waals surface area contributed by atoms with Gasteiger partial charge in [-0.2, -0.15) is 13.2 Å². The molecule has 1 aliphatic rings. The number of carbonyl (C=O) groups is 1. The lowest BCUT2D eigenvalue weighted by Crippen LogP contribution is -2.21. The Morgan fingerprint density at radius 3 is 2.58 bits per heavy atom. The largest absolute Gasteiger partial charge is 0.456 e. The summed E-state index contributed by atoms with van der Waals surface area (Å²) in [4.78, 5) is 12.0. The Hall–Kier alpha value is -2.47. The van der Waals surface area contributed by atoms with Gasteiger partial charge in [0.2, 0.25) is 0 Å². The first-order valence-electron chi connectivity index (χ1n) is 7.76. The number of esters is 1. The number of benzene rings is 2. The van der Waals surface area contributed by atoms with Crippen molar-refractivity contribution < 1.29 is 27.4 Å². The molecule has 0 N–H and O–H groups in total. The number of hydrogen-bond donors (Lipinski definition) is 0. The Balaban J connectivity index is 1.96. The van der Waals surface area contributed by atoms with E-state index in [-0.39, 0.29) is 10.8 Å². The Labute approximate surface area is 153 Å². The van der Waals surface area contributed by atoms with Gasteiger partial charge in [-0.05, 0) is 48.9 Å². The normalized spacial score (nSPS) is 19.0. The van der Waals surface area contributed by atoms with Crippen LogP contribution in [0.1, 0.15) is 34.8 Å². The highest BCUT2D eigenvalue weighted by Gasteiger charge is 2.42. The molecular formula is C19H14ClF3O3. The minimum Gasteiger partial charge on any atom is -0.456 e. The maximum Gasteiger partial charge on any atom is 0.416 e. The second kappa shape index (κ2) is 6.36. The van der Waals surface area contributed by atoms with E-state index in [0.29, 0.717) is 23.3 Å². The summed E-state index contributed by atoms with van der Waals surface area (Å²) >= 11 is 5.92. The molecule has 3 nitrogen and oxygen atoms in total. The van der Waals surface area contributed by atoms with Crippen LogP contribution < -0.4 is 4.74 Å². The fourth-order valence-electron chi connectivity index (χ4n) is 2.84. The summed E-state index contributed by atoms with van der Waals surface area (Å²) < 4.78 is 49.2. The van der Waals surface area contributed by atoms with Crippen molar-refractivity contribution in [2.75, 3.05) is 0 Å². The maximum atomic E-state index is 12.7. The molecule has 1 heterocycles. The molecule has 0 aliphatic carbocycles. The topological polar surface area (TPSA) is 35.5 Å². The molecule has 0 spiro atoms. The second-order valence-electron chi connectivity index (χ2n) is 5.79. The SMILES string of the molecule is C=CC1(CC)OC(=O)c2ccc(Oc3ccc(C(F)(F)F)cc3Cl)cc21. The smallest absolute Gasteiger partial charge is 0.416 e. The number of cyclic esters (lactones) is 1. The number of rotatable bonds is 4. The predicted octanol–water partition coefficient (Wildman–Crippen LogP) is 6.11. The summed E-state index contributed by atoms with van der Waals surface area (Å²) in [6, 6.07) is 7.53. The van der Waals surface area contributed by atoms with Crippen LogP contribution >= 0.6 is 11.6 Å². The van der Waals surface area contributed by atoms with E-state index in [1.807, 2.05) is 6.92 Å². The van der Waals surface area contributed by atoms with Crippen molar-refractivity contribution in [3.63, 3.8) is 0 Å². The van der Waals surface area contributed by atoms with E-state index in [2.05, 4.69) is 6.58 Å². The first kappa shape index (κ1) is 18.3. The fourth-order valence-corrected chi connectivity index (χ4v) is 3.05. The molecule has 7 heteroatoms. The molecule has 136 valence electrons. The van der Waals surface area contributed by atoms with Crippen LogP contribution in [0.2, 0.25) is 5.02 Å². The average Bonchev–Trinajstić information content (AvgIpc) is 2.88. The molecule has 3 rings (SSSR count). The molecule has 1 aliphatic heterocycles. The second-order valence-corrected chi connectivity index (χ2v) is 6.20. The van der Waals surface area contributed by atoms with Gasteiger partial charge >= 0.3 is 12.1 Å². The number of fused-ring (bicyclic) bond motifs is 1. The summed E-state index contributed by atoms with van der Waals surface area (Å²) in [7, 11) is 0. The number of ether oxygens (including phenoxy) is 2. The lowest BCUT2D eigenvalue weighted by atomic mass is 9.90. The predicted molar refractivity (Wildman–Crippen MR) is 90.6 cm³/mol. The molecule has 26 heavy (non-hydrogen) atoms. The van der Waals surface area contributed by atoms with Crippen molar-refractivity contribution in [1.29, 1.82) is 0 Å². The molecule has 0 radical (unpaired) electrons. The van der Waals surface area contributed by atoms with Gasteiger partial charge in [-0.3, -0.25) is 0 Å². The molecule has 0 aromatic heterocycles.